The van der Waals surface area contributed by atoms with Crippen LogP contribution in [0, 0.1) is 0 Å². The van der Waals surface area contributed by atoms with Crippen LogP contribution in [0.25, 0.3) is 0 Å². The Balaban J connectivity index is 1.32. The lowest BCUT2D eigenvalue weighted by atomic mass is 10.2. The van der Waals surface area contributed by atoms with Gasteiger partial charge in [0.15, 0.2) is 15.8 Å². The van der Waals surface area contributed by atoms with E-state index in [2.05, 4.69) is 31.5 Å². The van der Waals surface area contributed by atoms with Gasteiger partial charge in [-0.05, 0) is 37.6 Å². The van der Waals surface area contributed by atoms with Gasteiger partial charge in [-0.15, -0.1) is 0 Å². The zero-order valence-corrected chi connectivity index (χ0v) is 18.0. The van der Waals surface area contributed by atoms with E-state index in [9.17, 15) is 8.42 Å². The number of piperazine rings is 1. The van der Waals surface area contributed by atoms with Crippen LogP contribution in [0.2, 0.25) is 5.02 Å². The summed E-state index contributed by atoms with van der Waals surface area (Å²) in [5.74, 6) is 1.15. The van der Waals surface area contributed by atoms with Gasteiger partial charge in [0.1, 0.15) is 0 Å². The van der Waals surface area contributed by atoms with Crippen molar-refractivity contribution in [2.75, 3.05) is 62.7 Å². The van der Waals surface area contributed by atoms with Crippen molar-refractivity contribution in [2.24, 2.45) is 4.99 Å². The van der Waals surface area contributed by atoms with Crippen LogP contribution in [0.1, 0.15) is 12.8 Å². The maximum Gasteiger partial charge on any atom is 0.191 e. The van der Waals surface area contributed by atoms with E-state index in [1.165, 1.54) is 5.69 Å². The van der Waals surface area contributed by atoms with Crippen molar-refractivity contribution in [3.63, 3.8) is 0 Å². The Hall–Kier alpha value is -1.51. The molecule has 28 heavy (non-hydrogen) atoms. The van der Waals surface area contributed by atoms with Crippen molar-refractivity contribution in [1.29, 1.82) is 0 Å². The molecule has 9 heteroatoms. The third-order valence-electron chi connectivity index (χ3n) is 5.29. The van der Waals surface area contributed by atoms with Crippen LogP contribution in [-0.4, -0.2) is 83.1 Å². The van der Waals surface area contributed by atoms with E-state index >= 15 is 0 Å². The van der Waals surface area contributed by atoms with Gasteiger partial charge >= 0.3 is 0 Å². The average molecular weight is 428 g/mol. The molecule has 1 aromatic carbocycles. The van der Waals surface area contributed by atoms with E-state index < -0.39 is 9.84 Å². The highest BCUT2D eigenvalue weighted by atomic mass is 35.5. The molecule has 2 heterocycles. The highest BCUT2D eigenvalue weighted by Gasteiger charge is 2.28. The van der Waals surface area contributed by atoms with Gasteiger partial charge in [0, 0.05) is 56.5 Å². The summed E-state index contributed by atoms with van der Waals surface area (Å²) in [4.78, 5) is 9.05. The van der Waals surface area contributed by atoms with Crippen LogP contribution in [-0.2, 0) is 9.84 Å². The summed E-state index contributed by atoms with van der Waals surface area (Å²) >= 11 is 6.09. The fourth-order valence-corrected chi connectivity index (χ4v) is 5.57. The fraction of sp³-hybridized carbons (Fsp3) is 0.632. The molecule has 2 saturated heterocycles. The molecule has 0 spiro atoms. The van der Waals surface area contributed by atoms with Gasteiger partial charge in [-0.3, -0.25) is 9.89 Å². The molecule has 2 fully saturated rings. The zero-order chi connectivity index (χ0) is 20.0. The molecule has 0 aromatic heterocycles. The van der Waals surface area contributed by atoms with Gasteiger partial charge in [-0.1, -0.05) is 17.7 Å². The molecule has 1 aromatic rings. The second-order valence-electron chi connectivity index (χ2n) is 7.41. The number of aliphatic imine (C=N–C) groups is 1. The van der Waals surface area contributed by atoms with Crippen molar-refractivity contribution in [2.45, 2.75) is 18.9 Å². The second-order valence-corrected chi connectivity index (χ2v) is 10.1. The summed E-state index contributed by atoms with van der Waals surface area (Å²) in [5, 5.41) is 7.29. The van der Waals surface area contributed by atoms with Crippen LogP contribution in [0.3, 0.4) is 0 Å². The minimum atomic E-state index is -2.88. The lowest BCUT2D eigenvalue weighted by Crippen LogP contribution is -2.47. The first-order chi connectivity index (χ1) is 13.4. The van der Waals surface area contributed by atoms with Gasteiger partial charge in [-0.25, -0.2) is 8.42 Å². The maximum absolute atomic E-state index is 11.6. The first-order valence-electron chi connectivity index (χ1n) is 9.86. The van der Waals surface area contributed by atoms with E-state index in [1.54, 1.807) is 7.05 Å². The van der Waals surface area contributed by atoms with Crippen LogP contribution in [0.4, 0.5) is 5.69 Å². The van der Waals surface area contributed by atoms with Gasteiger partial charge in [0.25, 0.3) is 0 Å². The van der Waals surface area contributed by atoms with Crippen molar-refractivity contribution in [3.05, 3.63) is 29.3 Å². The molecule has 1 unspecified atom stereocenters. The molecule has 0 saturated carbocycles. The highest BCUT2D eigenvalue weighted by Crippen LogP contribution is 2.20. The normalized spacial score (nSPS) is 23.0. The van der Waals surface area contributed by atoms with Crippen LogP contribution in [0.15, 0.2) is 29.3 Å². The molecule has 0 aliphatic carbocycles. The van der Waals surface area contributed by atoms with Crippen molar-refractivity contribution in [1.82, 2.24) is 15.5 Å². The lowest BCUT2D eigenvalue weighted by Gasteiger charge is -2.36. The number of hydrogen-bond acceptors (Lipinski definition) is 5. The number of rotatable bonds is 6. The fourth-order valence-electron chi connectivity index (χ4n) is 3.71. The minimum absolute atomic E-state index is 0.0317. The summed E-state index contributed by atoms with van der Waals surface area (Å²) in [7, 11) is -1.16. The van der Waals surface area contributed by atoms with Crippen molar-refractivity contribution < 1.29 is 8.42 Å². The van der Waals surface area contributed by atoms with Crippen molar-refractivity contribution in [3.8, 4) is 0 Å². The van der Waals surface area contributed by atoms with Gasteiger partial charge in [0.05, 0.1) is 11.5 Å². The Bertz CT molecular complexity index is 778. The van der Waals surface area contributed by atoms with E-state index in [0.717, 1.165) is 50.7 Å². The highest BCUT2D eigenvalue weighted by molar-refractivity contribution is 7.91. The SMILES string of the molecule is CN=C(NCCCN1CCN(c2cccc(Cl)c2)CC1)NC1CCS(=O)(=O)C1. The third kappa shape index (κ3) is 6.25. The smallest absolute Gasteiger partial charge is 0.191 e. The number of benzene rings is 1. The molecule has 2 aliphatic rings. The molecular weight excluding hydrogens is 398 g/mol. The van der Waals surface area contributed by atoms with E-state index in [0.29, 0.717) is 12.4 Å². The Labute approximate surface area is 173 Å². The van der Waals surface area contributed by atoms with Crippen LogP contribution >= 0.6 is 11.6 Å². The van der Waals surface area contributed by atoms with Crippen LogP contribution < -0.4 is 15.5 Å². The Morgan fingerprint density at radius 3 is 2.71 bits per heavy atom. The minimum Gasteiger partial charge on any atom is -0.369 e. The number of sulfone groups is 1. The zero-order valence-electron chi connectivity index (χ0n) is 16.4. The average Bonchev–Trinajstić information content (AvgIpc) is 3.03. The Kier molecular flexibility index (Phi) is 7.42. The number of halogens is 1. The number of nitrogens with zero attached hydrogens (tertiary/aromatic N) is 3. The Morgan fingerprint density at radius 1 is 1.29 bits per heavy atom. The summed E-state index contributed by atoms with van der Waals surface area (Å²) in [5.41, 5.74) is 1.19. The molecule has 0 radical (unpaired) electrons. The lowest BCUT2D eigenvalue weighted by molar-refractivity contribution is 0.255. The quantitative estimate of drug-likeness (QED) is 0.403. The summed E-state index contributed by atoms with van der Waals surface area (Å²) in [6, 6.07) is 8.01. The number of nitrogens with one attached hydrogen (secondary N) is 2. The summed E-state index contributed by atoms with van der Waals surface area (Å²) in [6.07, 6.45) is 1.67. The molecular formula is C19H30ClN5O2S. The third-order valence-corrected chi connectivity index (χ3v) is 7.29. The molecule has 7 nitrogen and oxygen atoms in total. The first-order valence-corrected chi connectivity index (χ1v) is 12.1. The standard InChI is InChI=1S/C19H30ClN5O2S/c1-21-19(23-17-6-13-28(26,27)15-17)22-7-3-8-24-9-11-25(12-10-24)18-5-2-4-16(20)14-18/h2,4-5,14,17H,3,6-13,15H2,1H3,(H2,21,22,23). The Morgan fingerprint density at radius 2 is 2.07 bits per heavy atom. The molecule has 2 N–H and O–H groups in total. The maximum atomic E-state index is 11.6. The van der Waals surface area contributed by atoms with Gasteiger partial charge < -0.3 is 15.5 Å². The number of hydrogen-bond donors (Lipinski definition) is 2. The number of anilines is 1. The van der Waals surface area contributed by atoms with E-state index in [-0.39, 0.29) is 17.5 Å². The summed E-state index contributed by atoms with van der Waals surface area (Å²) < 4.78 is 23.1. The molecule has 3 rings (SSSR count). The van der Waals surface area contributed by atoms with E-state index in [4.69, 9.17) is 11.6 Å². The molecule has 0 bridgehead atoms. The number of guanidine groups is 1. The molecule has 0 amide bonds. The molecule has 156 valence electrons. The predicted molar refractivity (Wildman–Crippen MR) is 116 cm³/mol. The molecule has 2 aliphatic heterocycles. The summed E-state index contributed by atoms with van der Waals surface area (Å²) in [6.45, 7) is 5.94. The largest absolute Gasteiger partial charge is 0.369 e. The molecule has 1 atom stereocenters. The van der Waals surface area contributed by atoms with Gasteiger partial charge in [-0.2, -0.15) is 0 Å². The topological polar surface area (TPSA) is 77.0 Å². The first kappa shape index (κ1) is 21.2. The van der Waals surface area contributed by atoms with E-state index in [1.807, 2.05) is 18.2 Å². The van der Waals surface area contributed by atoms with Crippen LogP contribution in [0.5, 0.6) is 0 Å². The predicted octanol–water partition coefficient (Wildman–Crippen LogP) is 1.20. The monoisotopic (exact) mass is 427 g/mol. The van der Waals surface area contributed by atoms with Crippen molar-refractivity contribution >= 4 is 33.1 Å². The van der Waals surface area contributed by atoms with Gasteiger partial charge in [0.2, 0.25) is 0 Å². The second kappa shape index (κ2) is 9.80.